The molecule has 94 valence electrons. The molecule has 1 unspecified atom stereocenters. The molecule has 18 heavy (non-hydrogen) atoms. The lowest BCUT2D eigenvalue weighted by Crippen LogP contribution is -2.31. The number of carbonyl (C=O) groups is 2. The molecule has 0 saturated carbocycles. The van der Waals surface area contributed by atoms with E-state index in [1.165, 1.54) is 11.8 Å². The van der Waals surface area contributed by atoms with Gasteiger partial charge in [-0.25, -0.2) is 0 Å². The van der Waals surface area contributed by atoms with Crippen LogP contribution in [0.4, 0.5) is 0 Å². The molecule has 0 aliphatic carbocycles. The summed E-state index contributed by atoms with van der Waals surface area (Å²) >= 11 is 5.13. The lowest BCUT2D eigenvalue weighted by Gasteiger charge is -2.14. The molecule has 1 aliphatic rings. The molecule has 0 bridgehead atoms. The molecule has 1 heterocycles. The van der Waals surface area contributed by atoms with Gasteiger partial charge >= 0.3 is 0 Å². The van der Waals surface area contributed by atoms with Crippen molar-refractivity contribution in [2.45, 2.75) is 25.9 Å². The van der Waals surface area contributed by atoms with Crippen molar-refractivity contribution in [1.82, 2.24) is 10.2 Å². The highest BCUT2D eigenvalue weighted by Gasteiger charge is 2.35. The van der Waals surface area contributed by atoms with E-state index in [1.54, 1.807) is 0 Å². The Morgan fingerprint density at radius 1 is 1.39 bits per heavy atom. The molecule has 4 nitrogen and oxygen atoms in total. The Kier molecular flexibility index (Phi) is 3.72. The number of hydrogen-bond acceptors (Lipinski definition) is 3. The van der Waals surface area contributed by atoms with Crippen LogP contribution in [0.2, 0.25) is 0 Å². The Labute approximate surface area is 111 Å². The molecule has 1 amide bonds. The lowest BCUT2D eigenvalue weighted by atomic mass is 10.1. The van der Waals surface area contributed by atoms with Crippen LogP contribution in [-0.2, 0) is 16.1 Å². The van der Waals surface area contributed by atoms with Crippen LogP contribution in [0.3, 0.4) is 0 Å². The molecule has 0 spiro atoms. The second-order valence-corrected chi connectivity index (χ2v) is 4.70. The number of rotatable bonds is 4. The monoisotopic (exact) mass is 262 g/mol. The predicted molar refractivity (Wildman–Crippen MR) is 71.8 cm³/mol. The summed E-state index contributed by atoms with van der Waals surface area (Å²) in [5, 5.41) is 3.29. The zero-order valence-electron chi connectivity index (χ0n) is 10.1. The molecular formula is C13H14N2O2S. The normalized spacial score (nSPS) is 18.9. The molecule has 0 radical (unpaired) electrons. The summed E-state index contributed by atoms with van der Waals surface area (Å²) in [6.07, 6.45) is 0.185. The summed E-state index contributed by atoms with van der Waals surface area (Å²) in [5.41, 5.74) is 1.01. The molecule has 1 saturated heterocycles. The Morgan fingerprint density at radius 2 is 2.06 bits per heavy atom. The van der Waals surface area contributed by atoms with Crippen LogP contribution in [0.1, 0.15) is 18.9 Å². The second-order valence-electron chi connectivity index (χ2n) is 4.32. The Morgan fingerprint density at radius 3 is 2.67 bits per heavy atom. The number of thiocarbonyl (C=S) groups is 1. The van der Waals surface area contributed by atoms with Gasteiger partial charge in [-0.15, -0.1) is 0 Å². The first-order valence-electron chi connectivity index (χ1n) is 5.73. The average Bonchev–Trinajstić information content (AvgIpc) is 2.58. The van der Waals surface area contributed by atoms with Crippen molar-refractivity contribution in [3.05, 3.63) is 35.9 Å². The van der Waals surface area contributed by atoms with Crippen molar-refractivity contribution in [1.29, 1.82) is 0 Å². The number of benzene rings is 1. The van der Waals surface area contributed by atoms with Crippen molar-refractivity contribution < 1.29 is 9.59 Å². The summed E-state index contributed by atoms with van der Waals surface area (Å²) in [4.78, 5) is 24.7. The van der Waals surface area contributed by atoms with Crippen LogP contribution in [0.25, 0.3) is 0 Å². The first kappa shape index (κ1) is 12.7. The molecule has 1 N–H and O–H groups in total. The standard InChI is InChI=1S/C13H14N2O2S/c1-9(16)7-11-12(17)15(13(18)14-11)8-10-5-3-2-4-6-10/h2-6,11H,7-8H2,1H3,(H,14,18). The maximum absolute atomic E-state index is 12.1. The van der Waals surface area contributed by atoms with Crippen molar-refractivity contribution >= 4 is 29.0 Å². The van der Waals surface area contributed by atoms with Gasteiger partial charge in [0.15, 0.2) is 5.11 Å². The highest BCUT2D eigenvalue weighted by molar-refractivity contribution is 7.80. The van der Waals surface area contributed by atoms with Gasteiger partial charge < -0.3 is 5.32 Å². The fourth-order valence-electron chi connectivity index (χ4n) is 1.92. The molecule has 1 atom stereocenters. The van der Waals surface area contributed by atoms with E-state index in [4.69, 9.17) is 12.2 Å². The molecule has 1 aliphatic heterocycles. The van der Waals surface area contributed by atoms with E-state index in [0.717, 1.165) is 5.56 Å². The quantitative estimate of drug-likeness (QED) is 0.830. The predicted octanol–water partition coefficient (Wildman–Crippen LogP) is 1.25. The van der Waals surface area contributed by atoms with Gasteiger partial charge in [-0.05, 0) is 24.7 Å². The summed E-state index contributed by atoms with van der Waals surface area (Å²) in [6.45, 7) is 1.91. The third kappa shape index (κ3) is 2.73. The zero-order valence-corrected chi connectivity index (χ0v) is 10.9. The van der Waals surface area contributed by atoms with Gasteiger partial charge in [0.2, 0.25) is 0 Å². The first-order chi connectivity index (χ1) is 8.58. The third-order valence-electron chi connectivity index (χ3n) is 2.78. The lowest BCUT2D eigenvalue weighted by molar-refractivity contribution is -0.129. The van der Waals surface area contributed by atoms with Gasteiger partial charge in [-0.2, -0.15) is 0 Å². The van der Waals surface area contributed by atoms with E-state index in [-0.39, 0.29) is 18.1 Å². The number of nitrogens with one attached hydrogen (secondary N) is 1. The Bertz CT molecular complexity index is 487. The van der Waals surface area contributed by atoms with Crippen LogP contribution < -0.4 is 5.32 Å². The number of ketones is 1. The minimum Gasteiger partial charge on any atom is -0.350 e. The summed E-state index contributed by atoms with van der Waals surface area (Å²) in [6, 6.07) is 9.13. The Hall–Kier alpha value is -1.75. The third-order valence-corrected chi connectivity index (χ3v) is 3.12. The SMILES string of the molecule is CC(=O)CC1NC(=S)N(Cc2ccccc2)C1=O. The van der Waals surface area contributed by atoms with Crippen molar-refractivity contribution in [2.75, 3.05) is 0 Å². The van der Waals surface area contributed by atoms with Crippen LogP contribution in [-0.4, -0.2) is 27.7 Å². The van der Waals surface area contributed by atoms with Crippen LogP contribution in [0, 0.1) is 0 Å². The summed E-state index contributed by atoms with van der Waals surface area (Å²) in [7, 11) is 0. The molecule has 1 aromatic carbocycles. The van der Waals surface area contributed by atoms with Crippen molar-refractivity contribution in [3.63, 3.8) is 0 Å². The average molecular weight is 262 g/mol. The van der Waals surface area contributed by atoms with Gasteiger partial charge in [0, 0.05) is 6.42 Å². The van der Waals surface area contributed by atoms with Crippen molar-refractivity contribution in [3.8, 4) is 0 Å². The van der Waals surface area contributed by atoms with Crippen molar-refractivity contribution in [2.24, 2.45) is 0 Å². The van der Waals surface area contributed by atoms with Crippen LogP contribution in [0.5, 0.6) is 0 Å². The van der Waals surface area contributed by atoms with Crippen LogP contribution in [0.15, 0.2) is 30.3 Å². The number of amides is 1. The highest BCUT2D eigenvalue weighted by Crippen LogP contribution is 2.14. The first-order valence-corrected chi connectivity index (χ1v) is 6.14. The summed E-state index contributed by atoms with van der Waals surface area (Å²) < 4.78 is 0. The molecule has 5 heteroatoms. The molecule has 1 aromatic rings. The van der Waals surface area contributed by atoms with E-state index in [9.17, 15) is 9.59 Å². The van der Waals surface area contributed by atoms with E-state index in [1.807, 2.05) is 30.3 Å². The summed E-state index contributed by atoms with van der Waals surface area (Å²) in [5.74, 6) is -0.149. The van der Waals surface area contributed by atoms with Gasteiger partial charge in [-0.1, -0.05) is 30.3 Å². The van der Waals surface area contributed by atoms with Gasteiger partial charge in [0.1, 0.15) is 11.8 Å². The molecule has 2 rings (SSSR count). The van der Waals surface area contributed by atoms with E-state index in [2.05, 4.69) is 5.32 Å². The van der Waals surface area contributed by atoms with Gasteiger partial charge in [-0.3, -0.25) is 14.5 Å². The molecular weight excluding hydrogens is 248 g/mol. The Balaban J connectivity index is 2.08. The smallest absolute Gasteiger partial charge is 0.252 e. The minimum atomic E-state index is -0.501. The number of carbonyl (C=O) groups excluding carboxylic acids is 2. The molecule has 1 fully saturated rings. The fourth-order valence-corrected chi connectivity index (χ4v) is 2.22. The van der Waals surface area contributed by atoms with E-state index < -0.39 is 6.04 Å². The van der Waals surface area contributed by atoms with E-state index in [0.29, 0.717) is 11.7 Å². The maximum atomic E-state index is 12.1. The minimum absolute atomic E-state index is 0.0230. The highest BCUT2D eigenvalue weighted by atomic mass is 32.1. The number of hydrogen-bond donors (Lipinski definition) is 1. The van der Waals surface area contributed by atoms with Crippen LogP contribution >= 0.6 is 12.2 Å². The van der Waals surface area contributed by atoms with Gasteiger partial charge in [0.25, 0.3) is 5.91 Å². The van der Waals surface area contributed by atoms with E-state index >= 15 is 0 Å². The molecule has 0 aromatic heterocycles. The largest absolute Gasteiger partial charge is 0.350 e. The number of Topliss-reactive ketones (excluding diaryl/α,β-unsaturated/α-hetero) is 1. The van der Waals surface area contributed by atoms with Gasteiger partial charge in [0.05, 0.1) is 6.54 Å². The number of nitrogens with zero attached hydrogens (tertiary/aromatic N) is 1. The zero-order chi connectivity index (χ0) is 13.1. The fraction of sp³-hybridized carbons (Fsp3) is 0.308. The topological polar surface area (TPSA) is 49.4 Å². The maximum Gasteiger partial charge on any atom is 0.252 e. The second kappa shape index (κ2) is 5.27.